The molecular formula is C52H54N4O8. The molecule has 4 aliphatic heterocycles. The van der Waals surface area contributed by atoms with Crippen molar-refractivity contribution in [2.24, 2.45) is 0 Å². The van der Waals surface area contributed by atoms with Crippen LogP contribution in [-0.2, 0) is 30.7 Å². The van der Waals surface area contributed by atoms with Gasteiger partial charge in [-0.05, 0) is 108 Å². The van der Waals surface area contributed by atoms with Gasteiger partial charge in [0.2, 0.25) is 0 Å². The number of benzene rings is 4. The normalized spacial score (nSPS) is 16.2. The Hall–Kier alpha value is -6.79. The summed E-state index contributed by atoms with van der Waals surface area (Å²) < 4.78 is 28.4. The first-order valence-electron chi connectivity index (χ1n) is 22.2. The molecule has 4 aromatic carbocycles. The minimum Gasteiger partial charge on any atom is -0.496 e. The summed E-state index contributed by atoms with van der Waals surface area (Å²) in [6.07, 6.45) is 9.39. The number of methoxy groups -OCH3 is 2. The minimum absolute atomic E-state index is 0.00985. The first-order chi connectivity index (χ1) is 31.2. The van der Waals surface area contributed by atoms with E-state index in [1.54, 1.807) is 26.4 Å². The summed E-state index contributed by atoms with van der Waals surface area (Å²) in [5, 5.41) is 9.56. The Morgan fingerprint density at radius 3 is 1.55 bits per heavy atom. The Morgan fingerprint density at radius 1 is 0.641 bits per heavy atom. The van der Waals surface area contributed by atoms with Gasteiger partial charge in [-0.15, -0.1) is 0 Å². The van der Waals surface area contributed by atoms with Crippen LogP contribution in [0.5, 0.6) is 23.0 Å². The number of piperidine rings is 2. The summed E-state index contributed by atoms with van der Waals surface area (Å²) in [6, 6.07) is 31.0. The molecule has 64 heavy (non-hydrogen) atoms. The van der Waals surface area contributed by atoms with Crippen LogP contribution in [0, 0.1) is 0 Å². The van der Waals surface area contributed by atoms with Gasteiger partial charge in [0.05, 0.1) is 43.6 Å². The second kappa shape index (κ2) is 17.4. The number of carbonyl (C=O) groups is 3. The van der Waals surface area contributed by atoms with E-state index in [9.17, 15) is 19.5 Å². The fourth-order valence-electron chi connectivity index (χ4n) is 9.84. The predicted molar refractivity (Wildman–Crippen MR) is 242 cm³/mol. The SMILES string of the molecule is CCc1ccc(C(=O)N2CCC3(CC2)Oc2cc(C=O)ccc2-n2cccc23)cc1OC.CCc1ccc(C(=O)N2CCC3(CC2)Oc2cc(CO)ccc2-n2cccc23)cc1OC. The van der Waals surface area contributed by atoms with Gasteiger partial charge in [-0.2, -0.15) is 0 Å². The number of aliphatic hydroxyl groups excluding tert-OH is 1. The standard InChI is InChI=1S/C26H28N2O4.C26H26N2O4/c2*1-3-19-7-8-20(16-22(19)31-2)25(30)27-13-10-26(11-14-27)24-5-4-12-28(24)21-9-6-18(17-29)15-23(21)32-26/h4-9,12,15-16,29H,3,10-11,13-14,17H2,1-2H3;4-9,12,15-17H,3,10-11,13-14H2,1-2H3. The van der Waals surface area contributed by atoms with Gasteiger partial charge in [-0.25, -0.2) is 0 Å². The Labute approximate surface area is 373 Å². The highest BCUT2D eigenvalue weighted by atomic mass is 16.5. The second-order valence-corrected chi connectivity index (χ2v) is 16.9. The van der Waals surface area contributed by atoms with E-state index in [1.807, 2.05) is 88.8 Å². The lowest BCUT2D eigenvalue weighted by Gasteiger charge is -2.45. The quantitative estimate of drug-likeness (QED) is 0.151. The third-order valence-electron chi connectivity index (χ3n) is 13.4. The van der Waals surface area contributed by atoms with Crippen LogP contribution in [0.15, 0.2) is 109 Å². The van der Waals surface area contributed by atoms with Gasteiger partial charge in [0.15, 0.2) is 11.2 Å². The van der Waals surface area contributed by atoms with E-state index in [0.717, 1.165) is 75.8 Å². The van der Waals surface area contributed by atoms with Crippen molar-refractivity contribution in [3.8, 4) is 34.4 Å². The van der Waals surface area contributed by atoms with Crippen molar-refractivity contribution in [3.63, 3.8) is 0 Å². The molecule has 330 valence electrons. The van der Waals surface area contributed by atoms with Crippen molar-refractivity contribution in [3.05, 3.63) is 154 Å². The zero-order valence-corrected chi connectivity index (χ0v) is 36.8. The molecule has 4 aliphatic rings. The van der Waals surface area contributed by atoms with E-state index < -0.39 is 11.2 Å². The summed E-state index contributed by atoms with van der Waals surface area (Å²) in [4.78, 5) is 41.5. The molecule has 0 bridgehead atoms. The van der Waals surface area contributed by atoms with Gasteiger partial charge in [0, 0.05) is 80.9 Å². The highest BCUT2D eigenvalue weighted by Gasteiger charge is 2.46. The lowest BCUT2D eigenvalue weighted by molar-refractivity contribution is -0.00985. The van der Waals surface area contributed by atoms with Crippen LogP contribution in [0.25, 0.3) is 11.4 Å². The Bertz CT molecular complexity index is 2720. The molecule has 12 heteroatoms. The highest BCUT2D eigenvalue weighted by molar-refractivity contribution is 5.95. The van der Waals surface area contributed by atoms with Crippen LogP contribution in [0.3, 0.4) is 0 Å². The molecule has 0 atom stereocenters. The minimum atomic E-state index is -0.515. The molecule has 0 radical (unpaired) electrons. The van der Waals surface area contributed by atoms with E-state index in [1.165, 1.54) is 0 Å². The van der Waals surface area contributed by atoms with Crippen LogP contribution in [0.2, 0.25) is 0 Å². The van der Waals surface area contributed by atoms with Crippen molar-refractivity contribution in [1.29, 1.82) is 0 Å². The average molecular weight is 863 g/mol. The van der Waals surface area contributed by atoms with Crippen LogP contribution in [-0.4, -0.2) is 82.5 Å². The molecule has 1 N–H and O–H groups in total. The number of aromatic nitrogens is 2. The summed E-state index contributed by atoms with van der Waals surface area (Å²) >= 11 is 0. The van der Waals surface area contributed by atoms with E-state index in [-0.39, 0.29) is 18.4 Å². The summed E-state index contributed by atoms with van der Waals surface area (Å²) in [5.74, 6) is 3.03. The zero-order valence-electron chi connectivity index (χ0n) is 36.8. The van der Waals surface area contributed by atoms with Crippen LogP contribution < -0.4 is 18.9 Å². The number of aldehydes is 1. The molecule has 0 unspecified atom stereocenters. The molecule has 12 nitrogen and oxygen atoms in total. The number of fused-ring (bicyclic) bond motifs is 8. The summed E-state index contributed by atoms with van der Waals surface area (Å²) in [6.45, 7) is 6.51. The van der Waals surface area contributed by atoms with E-state index in [4.69, 9.17) is 18.9 Å². The number of hydrogen-bond donors (Lipinski definition) is 1. The van der Waals surface area contributed by atoms with Crippen molar-refractivity contribution < 1.29 is 38.4 Å². The summed E-state index contributed by atoms with van der Waals surface area (Å²) in [7, 11) is 3.28. The number of rotatable bonds is 8. The molecule has 10 rings (SSSR count). The Morgan fingerprint density at radius 2 is 1.11 bits per heavy atom. The highest BCUT2D eigenvalue weighted by Crippen LogP contribution is 2.47. The van der Waals surface area contributed by atoms with Gasteiger partial charge in [-0.1, -0.05) is 32.0 Å². The van der Waals surface area contributed by atoms with Crippen molar-refractivity contribution in [2.75, 3.05) is 40.4 Å². The monoisotopic (exact) mass is 862 g/mol. The van der Waals surface area contributed by atoms with E-state index in [2.05, 4.69) is 41.3 Å². The second-order valence-electron chi connectivity index (χ2n) is 16.9. The maximum atomic E-state index is 13.2. The number of aryl methyl sites for hydroxylation is 2. The molecular weight excluding hydrogens is 809 g/mol. The third-order valence-corrected chi connectivity index (χ3v) is 13.4. The number of carbonyl (C=O) groups excluding carboxylic acids is 3. The topological polar surface area (TPSA) is 125 Å². The maximum Gasteiger partial charge on any atom is 0.253 e. The number of amides is 2. The van der Waals surface area contributed by atoms with E-state index >= 15 is 0 Å². The van der Waals surface area contributed by atoms with Crippen molar-refractivity contribution in [1.82, 2.24) is 18.9 Å². The molecule has 2 fully saturated rings. The number of nitrogens with zero attached hydrogens (tertiary/aromatic N) is 4. The maximum absolute atomic E-state index is 13.2. The fraction of sp³-hybridized carbons (Fsp3) is 0.327. The Kier molecular flexibility index (Phi) is 11.6. The lowest BCUT2D eigenvalue weighted by atomic mass is 9.86. The van der Waals surface area contributed by atoms with Gasteiger partial charge in [-0.3, -0.25) is 14.4 Å². The number of hydrogen-bond acceptors (Lipinski definition) is 8. The number of aliphatic hydroxyl groups is 1. The van der Waals surface area contributed by atoms with E-state index in [0.29, 0.717) is 74.3 Å². The molecule has 2 saturated heterocycles. The molecule has 0 saturated carbocycles. The molecule has 2 aromatic heterocycles. The van der Waals surface area contributed by atoms with Crippen LogP contribution >= 0.6 is 0 Å². The average Bonchev–Trinajstić information content (AvgIpc) is 4.07. The fourth-order valence-corrected chi connectivity index (χ4v) is 9.84. The molecule has 2 spiro atoms. The molecule has 0 aliphatic carbocycles. The zero-order chi connectivity index (χ0) is 44.6. The third kappa shape index (κ3) is 7.49. The predicted octanol–water partition coefficient (Wildman–Crippen LogP) is 8.45. The number of ether oxygens (including phenoxy) is 4. The van der Waals surface area contributed by atoms with Crippen LogP contribution in [0.4, 0.5) is 0 Å². The Balaban J connectivity index is 0.000000162. The number of likely N-dealkylation sites (tertiary alicyclic amines) is 2. The molecule has 2 amide bonds. The lowest BCUT2D eigenvalue weighted by Crippen LogP contribution is -2.50. The van der Waals surface area contributed by atoms with Gasteiger partial charge in [0.1, 0.15) is 29.3 Å². The van der Waals surface area contributed by atoms with Crippen LogP contribution in [0.1, 0.15) is 98.7 Å². The largest absolute Gasteiger partial charge is 0.496 e. The molecule has 6 heterocycles. The summed E-state index contributed by atoms with van der Waals surface area (Å²) in [5.41, 5.74) is 8.02. The van der Waals surface area contributed by atoms with Gasteiger partial charge in [0.25, 0.3) is 11.8 Å². The smallest absolute Gasteiger partial charge is 0.253 e. The van der Waals surface area contributed by atoms with Crippen molar-refractivity contribution >= 4 is 18.1 Å². The van der Waals surface area contributed by atoms with Gasteiger partial charge >= 0.3 is 0 Å². The first-order valence-corrected chi connectivity index (χ1v) is 22.2. The van der Waals surface area contributed by atoms with Crippen molar-refractivity contribution in [2.45, 2.75) is 70.2 Å². The molecule has 6 aromatic rings. The first kappa shape index (κ1) is 42.5. The van der Waals surface area contributed by atoms with Gasteiger partial charge < -0.3 is 43.0 Å².